The lowest BCUT2D eigenvalue weighted by Gasteiger charge is -2.13. The summed E-state index contributed by atoms with van der Waals surface area (Å²) in [6.07, 6.45) is -1.28. The molecule has 0 aliphatic rings. The van der Waals surface area contributed by atoms with Crippen LogP contribution in [0.1, 0.15) is 26.5 Å². The summed E-state index contributed by atoms with van der Waals surface area (Å²) in [5, 5.41) is 0.580. The number of rotatable bonds is 5. The smallest absolute Gasteiger partial charge is 0.416 e. The van der Waals surface area contributed by atoms with Gasteiger partial charge in [-0.2, -0.15) is 13.2 Å². The summed E-state index contributed by atoms with van der Waals surface area (Å²) in [4.78, 5) is 20.6. The Labute approximate surface area is 172 Å². The van der Waals surface area contributed by atoms with Gasteiger partial charge < -0.3 is 10.5 Å². The molecule has 0 spiro atoms. The molecule has 1 amide bonds. The van der Waals surface area contributed by atoms with Crippen molar-refractivity contribution in [2.75, 3.05) is 0 Å². The molecule has 30 heavy (non-hydrogen) atoms. The molecule has 0 fully saturated rings. The molecule has 0 bridgehead atoms. The molecule has 3 heterocycles. The van der Waals surface area contributed by atoms with Gasteiger partial charge >= 0.3 is 6.18 Å². The summed E-state index contributed by atoms with van der Waals surface area (Å²) in [6, 6.07) is 8.50. The number of primary amides is 1. The number of imidazole rings is 1. The quantitative estimate of drug-likeness (QED) is 0.504. The first kappa shape index (κ1) is 19.9. The topological polar surface area (TPSA) is 83.0 Å². The van der Waals surface area contributed by atoms with Crippen LogP contribution in [0, 0.1) is 6.92 Å². The third-order valence-corrected chi connectivity index (χ3v) is 5.55. The Bertz CT molecular complexity index is 1250. The minimum absolute atomic E-state index is 0.0408. The Morgan fingerprint density at radius 2 is 2.00 bits per heavy atom. The summed E-state index contributed by atoms with van der Waals surface area (Å²) >= 11 is 1.06. The number of nitrogens with zero attached hydrogens (tertiary/aromatic N) is 3. The fourth-order valence-electron chi connectivity index (χ4n) is 3.02. The third kappa shape index (κ3) is 3.73. The van der Waals surface area contributed by atoms with Gasteiger partial charge in [0.1, 0.15) is 28.6 Å². The molecule has 0 radical (unpaired) electrons. The highest BCUT2D eigenvalue weighted by Crippen LogP contribution is 2.36. The molecule has 0 saturated carbocycles. The SMILES string of the molecule is Cc1cc2ncn(-c3cc(OCc4ccccc4C(F)(F)F)c(C(N)=O)s3)c2cn1. The zero-order valence-corrected chi connectivity index (χ0v) is 16.4. The molecular weight excluding hydrogens is 417 g/mol. The number of amides is 1. The number of carbonyl (C=O) groups is 1. The summed E-state index contributed by atoms with van der Waals surface area (Å²) in [5.41, 5.74) is 6.87. The van der Waals surface area contributed by atoms with Crippen molar-refractivity contribution in [3.8, 4) is 10.8 Å². The zero-order chi connectivity index (χ0) is 21.5. The van der Waals surface area contributed by atoms with Crippen LogP contribution in [0.4, 0.5) is 13.2 Å². The van der Waals surface area contributed by atoms with E-state index in [1.165, 1.54) is 18.2 Å². The number of halogens is 3. The van der Waals surface area contributed by atoms with Crippen LogP contribution in [0.15, 0.2) is 48.9 Å². The second kappa shape index (κ2) is 7.45. The van der Waals surface area contributed by atoms with E-state index >= 15 is 0 Å². The standard InChI is InChI=1S/C20H15F3N4O2S/c1-11-6-14-15(8-25-11)27(10-26-14)17-7-16(18(30-17)19(24)28)29-9-12-4-2-3-5-13(12)20(21,22)23/h2-8,10H,9H2,1H3,(H2,24,28). The highest BCUT2D eigenvalue weighted by molar-refractivity contribution is 7.16. The van der Waals surface area contributed by atoms with Gasteiger partial charge in [-0.25, -0.2) is 4.98 Å². The van der Waals surface area contributed by atoms with Crippen molar-refractivity contribution in [3.05, 3.63) is 70.6 Å². The number of fused-ring (bicyclic) bond motifs is 1. The molecule has 154 valence electrons. The predicted octanol–water partition coefficient (Wildman–Crippen LogP) is 4.49. The first-order valence-electron chi connectivity index (χ1n) is 8.75. The van der Waals surface area contributed by atoms with Crippen molar-refractivity contribution >= 4 is 28.3 Å². The van der Waals surface area contributed by atoms with E-state index in [1.807, 2.05) is 13.0 Å². The second-order valence-electron chi connectivity index (χ2n) is 6.51. The number of nitrogens with two attached hydrogens (primary N) is 1. The van der Waals surface area contributed by atoms with Crippen LogP contribution in [0.2, 0.25) is 0 Å². The van der Waals surface area contributed by atoms with Crippen molar-refractivity contribution in [2.24, 2.45) is 5.73 Å². The molecule has 0 saturated heterocycles. The molecule has 4 aromatic rings. The number of alkyl halides is 3. The monoisotopic (exact) mass is 432 g/mol. The molecule has 0 atom stereocenters. The Morgan fingerprint density at radius 3 is 2.73 bits per heavy atom. The molecule has 10 heteroatoms. The van der Waals surface area contributed by atoms with Crippen molar-refractivity contribution in [3.63, 3.8) is 0 Å². The van der Waals surface area contributed by atoms with E-state index in [0.717, 1.165) is 28.6 Å². The molecule has 6 nitrogen and oxygen atoms in total. The lowest BCUT2D eigenvalue weighted by Crippen LogP contribution is -2.13. The number of benzene rings is 1. The average molecular weight is 432 g/mol. The van der Waals surface area contributed by atoms with Crippen LogP contribution in [0.5, 0.6) is 5.75 Å². The van der Waals surface area contributed by atoms with E-state index in [1.54, 1.807) is 23.2 Å². The van der Waals surface area contributed by atoms with Gasteiger partial charge in [0.25, 0.3) is 5.91 Å². The first-order valence-corrected chi connectivity index (χ1v) is 9.57. The summed E-state index contributed by atoms with van der Waals surface area (Å²) in [5.74, 6) is -0.620. The van der Waals surface area contributed by atoms with Crippen LogP contribution in [0.3, 0.4) is 0 Å². The number of ether oxygens (including phenoxy) is 1. The van der Waals surface area contributed by atoms with Crippen molar-refractivity contribution in [1.29, 1.82) is 0 Å². The fourth-order valence-corrected chi connectivity index (χ4v) is 3.96. The van der Waals surface area contributed by atoms with Gasteiger partial charge in [-0.1, -0.05) is 18.2 Å². The number of carbonyl (C=O) groups excluding carboxylic acids is 1. The largest absolute Gasteiger partial charge is 0.487 e. The van der Waals surface area contributed by atoms with E-state index in [9.17, 15) is 18.0 Å². The Kier molecular flexibility index (Phi) is 4.94. The highest BCUT2D eigenvalue weighted by atomic mass is 32.1. The lowest BCUT2D eigenvalue weighted by molar-refractivity contribution is -0.138. The van der Waals surface area contributed by atoms with E-state index in [-0.39, 0.29) is 22.8 Å². The molecule has 3 aromatic heterocycles. The predicted molar refractivity (Wildman–Crippen MR) is 106 cm³/mol. The van der Waals surface area contributed by atoms with Gasteiger partial charge in [0, 0.05) is 17.3 Å². The summed E-state index contributed by atoms with van der Waals surface area (Å²) in [7, 11) is 0. The van der Waals surface area contributed by atoms with Crippen LogP contribution in [0.25, 0.3) is 16.0 Å². The maximum absolute atomic E-state index is 13.2. The molecular formula is C20H15F3N4O2S. The van der Waals surface area contributed by atoms with Gasteiger partial charge in [0.05, 0.1) is 22.8 Å². The number of aromatic nitrogens is 3. The summed E-state index contributed by atoms with van der Waals surface area (Å²) < 4.78 is 46.9. The van der Waals surface area contributed by atoms with E-state index < -0.39 is 17.6 Å². The molecule has 0 aliphatic carbocycles. The normalized spacial score (nSPS) is 11.7. The molecule has 1 aromatic carbocycles. The Balaban J connectivity index is 1.68. The molecule has 0 unspecified atom stereocenters. The first-order chi connectivity index (χ1) is 14.2. The molecule has 2 N–H and O–H groups in total. The number of aryl methyl sites for hydroxylation is 1. The number of pyridine rings is 1. The van der Waals surface area contributed by atoms with Gasteiger partial charge in [0.2, 0.25) is 0 Å². The fraction of sp³-hybridized carbons (Fsp3) is 0.150. The second-order valence-corrected chi connectivity index (χ2v) is 7.55. The number of hydrogen-bond acceptors (Lipinski definition) is 5. The Hall–Kier alpha value is -3.40. The van der Waals surface area contributed by atoms with Gasteiger partial charge in [-0.15, -0.1) is 11.3 Å². The van der Waals surface area contributed by atoms with Crippen LogP contribution >= 0.6 is 11.3 Å². The summed E-state index contributed by atoms with van der Waals surface area (Å²) in [6.45, 7) is 1.48. The minimum atomic E-state index is -4.51. The van der Waals surface area contributed by atoms with E-state index in [4.69, 9.17) is 10.5 Å². The third-order valence-electron chi connectivity index (χ3n) is 4.42. The molecule has 4 rings (SSSR count). The maximum atomic E-state index is 13.2. The number of hydrogen-bond donors (Lipinski definition) is 1. The maximum Gasteiger partial charge on any atom is 0.416 e. The van der Waals surface area contributed by atoms with Gasteiger partial charge in [-0.3, -0.25) is 14.3 Å². The van der Waals surface area contributed by atoms with E-state index in [0.29, 0.717) is 10.5 Å². The van der Waals surface area contributed by atoms with Crippen molar-refractivity contribution in [2.45, 2.75) is 19.7 Å². The highest BCUT2D eigenvalue weighted by Gasteiger charge is 2.33. The lowest BCUT2D eigenvalue weighted by atomic mass is 10.1. The van der Waals surface area contributed by atoms with Crippen LogP contribution < -0.4 is 10.5 Å². The average Bonchev–Trinajstić information content (AvgIpc) is 3.29. The zero-order valence-electron chi connectivity index (χ0n) is 15.6. The van der Waals surface area contributed by atoms with Crippen LogP contribution in [-0.4, -0.2) is 20.4 Å². The van der Waals surface area contributed by atoms with Crippen LogP contribution in [-0.2, 0) is 12.8 Å². The minimum Gasteiger partial charge on any atom is -0.487 e. The van der Waals surface area contributed by atoms with Crippen molar-refractivity contribution < 1.29 is 22.7 Å². The molecule has 0 aliphatic heterocycles. The van der Waals surface area contributed by atoms with E-state index in [2.05, 4.69) is 9.97 Å². The van der Waals surface area contributed by atoms with Crippen molar-refractivity contribution in [1.82, 2.24) is 14.5 Å². The number of thiophene rings is 1. The Morgan fingerprint density at radius 1 is 1.23 bits per heavy atom. The van der Waals surface area contributed by atoms with Gasteiger partial charge in [-0.05, 0) is 19.1 Å². The van der Waals surface area contributed by atoms with Gasteiger partial charge in [0.15, 0.2) is 0 Å².